The van der Waals surface area contributed by atoms with Crippen LogP contribution in [0.25, 0.3) is 0 Å². The van der Waals surface area contributed by atoms with Gasteiger partial charge in [0.15, 0.2) is 0 Å². The molecule has 28 heavy (non-hydrogen) atoms. The number of hydrogen-bond acceptors (Lipinski definition) is 4. The van der Waals surface area contributed by atoms with E-state index in [4.69, 9.17) is 4.74 Å². The normalized spacial score (nSPS) is 27.4. The number of rotatable bonds is 2. The number of aromatic amines is 1. The second-order valence-corrected chi connectivity index (χ2v) is 8.81. The highest BCUT2D eigenvalue weighted by Crippen LogP contribution is 2.44. The lowest BCUT2D eigenvalue weighted by Gasteiger charge is -2.52. The first-order valence-corrected chi connectivity index (χ1v) is 10.9. The first-order valence-electron chi connectivity index (χ1n) is 10.9. The average molecular weight is 386 g/mol. The van der Waals surface area contributed by atoms with Crippen LogP contribution in [0, 0.1) is 5.92 Å². The maximum absolute atomic E-state index is 13.2. The number of amides is 2. The predicted molar refractivity (Wildman–Crippen MR) is 102 cm³/mol. The highest BCUT2D eigenvalue weighted by atomic mass is 16.5. The molecule has 1 spiro atoms. The minimum Gasteiger partial charge on any atom is -0.368 e. The Bertz CT molecular complexity index is 743. The maximum atomic E-state index is 13.2. The summed E-state index contributed by atoms with van der Waals surface area (Å²) in [5.41, 5.74) is 1.84. The Morgan fingerprint density at radius 1 is 1.07 bits per heavy atom. The molecule has 0 unspecified atom stereocenters. The molecule has 2 saturated heterocycles. The van der Waals surface area contributed by atoms with E-state index in [0.717, 1.165) is 75.7 Å². The third-order valence-electron chi connectivity index (χ3n) is 7.34. The van der Waals surface area contributed by atoms with E-state index in [0.29, 0.717) is 25.6 Å². The molecule has 1 aliphatic carbocycles. The van der Waals surface area contributed by atoms with Crippen LogP contribution in [0.5, 0.6) is 0 Å². The van der Waals surface area contributed by atoms with Crippen LogP contribution in [0.1, 0.15) is 62.8 Å². The first kappa shape index (κ1) is 18.2. The van der Waals surface area contributed by atoms with Crippen LogP contribution < -0.4 is 0 Å². The number of hydrogen-bond donors (Lipinski definition) is 1. The number of nitrogens with one attached hydrogen (secondary N) is 1. The van der Waals surface area contributed by atoms with Crippen molar-refractivity contribution in [1.29, 1.82) is 0 Å². The minimum absolute atomic E-state index is 0.129. The first-order chi connectivity index (χ1) is 13.7. The van der Waals surface area contributed by atoms with Crippen molar-refractivity contribution in [2.75, 3.05) is 26.2 Å². The number of carbonyl (C=O) groups is 2. The van der Waals surface area contributed by atoms with Gasteiger partial charge in [-0.2, -0.15) is 0 Å². The molecule has 3 aliphatic heterocycles. The van der Waals surface area contributed by atoms with Crippen LogP contribution in [-0.2, 0) is 26.3 Å². The molecule has 1 N–H and O–H groups in total. The van der Waals surface area contributed by atoms with E-state index < -0.39 is 0 Å². The number of H-pyrrole nitrogens is 1. The van der Waals surface area contributed by atoms with Gasteiger partial charge in [0.1, 0.15) is 6.10 Å². The van der Waals surface area contributed by atoms with Crippen molar-refractivity contribution in [1.82, 2.24) is 19.8 Å². The second kappa shape index (κ2) is 7.17. The van der Waals surface area contributed by atoms with E-state index in [9.17, 15) is 9.59 Å². The fourth-order valence-electron chi connectivity index (χ4n) is 5.42. The quantitative estimate of drug-likeness (QED) is 0.843. The largest absolute Gasteiger partial charge is 0.368 e. The Balaban J connectivity index is 1.36. The lowest BCUT2D eigenvalue weighted by molar-refractivity contribution is -0.155. The standard InChI is InChI=1S/C21H30N4O3/c26-19(15-4-3-5-15)25-10-7-16-18(23-14-22-16)21(25)8-11-24(12-9-21)20(27)17-6-1-2-13-28-17/h14-15,17H,1-13H2,(H,22,23)/t17-/m0/s1. The summed E-state index contributed by atoms with van der Waals surface area (Å²) < 4.78 is 5.71. The van der Waals surface area contributed by atoms with Gasteiger partial charge < -0.3 is 19.5 Å². The number of likely N-dealkylation sites (tertiary alicyclic amines) is 1. The van der Waals surface area contributed by atoms with Gasteiger partial charge in [0, 0.05) is 44.3 Å². The van der Waals surface area contributed by atoms with Crippen molar-refractivity contribution < 1.29 is 14.3 Å². The lowest BCUT2D eigenvalue weighted by Crippen LogP contribution is -2.61. The summed E-state index contributed by atoms with van der Waals surface area (Å²) in [5.74, 6) is 0.618. The van der Waals surface area contributed by atoms with Crippen LogP contribution >= 0.6 is 0 Å². The van der Waals surface area contributed by atoms with Crippen LogP contribution in [0.3, 0.4) is 0 Å². The van der Waals surface area contributed by atoms with E-state index >= 15 is 0 Å². The van der Waals surface area contributed by atoms with E-state index in [1.54, 1.807) is 6.33 Å². The molecule has 152 valence electrons. The van der Waals surface area contributed by atoms with Gasteiger partial charge in [-0.3, -0.25) is 9.59 Å². The maximum Gasteiger partial charge on any atom is 0.251 e. The van der Waals surface area contributed by atoms with Gasteiger partial charge in [0.2, 0.25) is 5.91 Å². The fourth-order valence-corrected chi connectivity index (χ4v) is 5.42. The number of nitrogens with zero attached hydrogens (tertiary/aromatic N) is 3. The molecule has 0 radical (unpaired) electrons. The zero-order valence-corrected chi connectivity index (χ0v) is 16.5. The van der Waals surface area contributed by atoms with Crippen molar-refractivity contribution >= 4 is 11.8 Å². The van der Waals surface area contributed by atoms with E-state index in [2.05, 4.69) is 14.9 Å². The molecule has 1 saturated carbocycles. The van der Waals surface area contributed by atoms with Gasteiger partial charge in [-0.05, 0) is 44.9 Å². The van der Waals surface area contributed by atoms with Gasteiger partial charge in [0.25, 0.3) is 5.91 Å². The van der Waals surface area contributed by atoms with Crippen LogP contribution in [0.2, 0.25) is 0 Å². The average Bonchev–Trinajstić information content (AvgIpc) is 3.18. The molecule has 1 aromatic heterocycles. The molecule has 0 aromatic carbocycles. The molecule has 4 heterocycles. The minimum atomic E-state index is -0.357. The Morgan fingerprint density at radius 3 is 2.57 bits per heavy atom. The number of fused-ring (bicyclic) bond motifs is 2. The summed E-state index contributed by atoms with van der Waals surface area (Å²) in [5, 5.41) is 0. The molecule has 5 rings (SSSR count). The van der Waals surface area contributed by atoms with Crippen LogP contribution in [-0.4, -0.2) is 63.9 Å². The number of aromatic nitrogens is 2. The molecule has 1 aromatic rings. The molecule has 3 fully saturated rings. The summed E-state index contributed by atoms with van der Waals surface area (Å²) >= 11 is 0. The molecular formula is C21H30N4O3. The molecule has 2 amide bonds. The Kier molecular flexibility index (Phi) is 4.65. The SMILES string of the molecule is O=C([C@@H]1CCCCO1)N1CCC2(CC1)c1nc[nH]c1CCN2C(=O)C1CCC1. The number of ether oxygens (including phenoxy) is 1. The third-order valence-corrected chi connectivity index (χ3v) is 7.34. The van der Waals surface area contributed by atoms with E-state index in [1.165, 1.54) is 0 Å². The molecule has 4 aliphatic rings. The van der Waals surface area contributed by atoms with E-state index in [-0.39, 0.29) is 23.5 Å². The molecular weight excluding hydrogens is 356 g/mol. The van der Waals surface area contributed by atoms with Gasteiger partial charge >= 0.3 is 0 Å². The van der Waals surface area contributed by atoms with Gasteiger partial charge in [-0.25, -0.2) is 4.98 Å². The van der Waals surface area contributed by atoms with E-state index in [1.807, 2.05) is 4.90 Å². The molecule has 7 heteroatoms. The van der Waals surface area contributed by atoms with Crippen LogP contribution in [0.4, 0.5) is 0 Å². The summed E-state index contributed by atoms with van der Waals surface area (Å²) in [7, 11) is 0. The van der Waals surface area contributed by atoms with Crippen molar-refractivity contribution in [2.24, 2.45) is 5.92 Å². The van der Waals surface area contributed by atoms with Gasteiger partial charge in [-0.15, -0.1) is 0 Å². The molecule has 0 bridgehead atoms. The zero-order valence-electron chi connectivity index (χ0n) is 16.5. The fraction of sp³-hybridized carbons (Fsp3) is 0.762. The summed E-state index contributed by atoms with van der Waals surface area (Å²) in [6, 6.07) is 0. The van der Waals surface area contributed by atoms with Crippen molar-refractivity contribution in [2.45, 2.75) is 69.4 Å². The van der Waals surface area contributed by atoms with Crippen molar-refractivity contribution in [3.8, 4) is 0 Å². The Labute approximate surface area is 165 Å². The zero-order chi connectivity index (χ0) is 19.1. The van der Waals surface area contributed by atoms with Crippen LogP contribution in [0.15, 0.2) is 6.33 Å². The van der Waals surface area contributed by atoms with Crippen molar-refractivity contribution in [3.05, 3.63) is 17.7 Å². The number of imidazole rings is 1. The second-order valence-electron chi connectivity index (χ2n) is 8.81. The highest BCUT2D eigenvalue weighted by molar-refractivity contribution is 5.82. The van der Waals surface area contributed by atoms with Gasteiger partial charge in [-0.1, -0.05) is 6.42 Å². The number of piperidine rings is 1. The number of carbonyl (C=O) groups excluding carboxylic acids is 2. The summed E-state index contributed by atoms with van der Waals surface area (Å²) in [4.78, 5) is 38.1. The molecule has 7 nitrogen and oxygen atoms in total. The summed E-state index contributed by atoms with van der Waals surface area (Å²) in [6.07, 6.45) is 9.99. The Morgan fingerprint density at radius 2 is 1.89 bits per heavy atom. The van der Waals surface area contributed by atoms with Crippen molar-refractivity contribution in [3.63, 3.8) is 0 Å². The monoisotopic (exact) mass is 386 g/mol. The highest BCUT2D eigenvalue weighted by Gasteiger charge is 2.50. The summed E-state index contributed by atoms with van der Waals surface area (Å²) in [6.45, 7) is 2.78. The van der Waals surface area contributed by atoms with Gasteiger partial charge in [0.05, 0.1) is 17.6 Å². The molecule has 1 atom stereocenters. The smallest absolute Gasteiger partial charge is 0.251 e. The lowest BCUT2D eigenvalue weighted by atomic mass is 9.76. The topological polar surface area (TPSA) is 78.5 Å². The predicted octanol–water partition coefficient (Wildman–Crippen LogP) is 1.98. The Hall–Kier alpha value is -1.89. The third kappa shape index (κ3) is 2.86.